The van der Waals surface area contributed by atoms with E-state index in [9.17, 15) is 8.42 Å². The first-order valence-corrected chi connectivity index (χ1v) is 8.78. The first-order chi connectivity index (χ1) is 10.5. The number of nitrogen functional groups attached to an aromatic ring is 2. The zero-order valence-electron chi connectivity index (χ0n) is 13.8. The highest BCUT2D eigenvalue weighted by molar-refractivity contribution is 7.89. The van der Waals surface area contributed by atoms with Crippen molar-refractivity contribution in [2.24, 2.45) is 0 Å². The molecule has 5 N–H and O–H groups in total. The third-order valence-corrected chi connectivity index (χ3v) is 5.07. The van der Waals surface area contributed by atoms with Crippen molar-refractivity contribution in [3.63, 3.8) is 0 Å². The van der Waals surface area contributed by atoms with E-state index < -0.39 is 15.6 Å². The topological polar surface area (TPSA) is 98.2 Å². The smallest absolute Gasteiger partial charge is 0.241 e. The summed E-state index contributed by atoms with van der Waals surface area (Å²) in [5.74, 6) is 0. The minimum absolute atomic E-state index is 0.167. The fraction of sp³-hybridized carbons (Fsp3) is 0.294. The molecular formula is C17H23N3O2S. The number of aryl methyl sites for hydroxylation is 1. The Balaban J connectivity index is 2.68. The van der Waals surface area contributed by atoms with E-state index in [1.54, 1.807) is 39.0 Å². The Bertz CT molecular complexity index is 837. The Morgan fingerprint density at radius 2 is 1.43 bits per heavy atom. The molecule has 0 heterocycles. The van der Waals surface area contributed by atoms with Crippen LogP contribution in [-0.2, 0) is 10.0 Å². The summed E-state index contributed by atoms with van der Waals surface area (Å²) in [6, 6.07) is 10.3. The maximum absolute atomic E-state index is 12.8. The van der Waals surface area contributed by atoms with Crippen LogP contribution in [0.3, 0.4) is 0 Å². The van der Waals surface area contributed by atoms with Crippen LogP contribution in [0.2, 0.25) is 0 Å². The van der Waals surface area contributed by atoms with Crippen molar-refractivity contribution in [1.29, 1.82) is 0 Å². The van der Waals surface area contributed by atoms with Crippen molar-refractivity contribution in [2.45, 2.75) is 38.1 Å². The van der Waals surface area contributed by atoms with Gasteiger partial charge in [-0.25, -0.2) is 13.1 Å². The van der Waals surface area contributed by atoms with Crippen molar-refractivity contribution in [2.75, 3.05) is 11.5 Å². The minimum Gasteiger partial charge on any atom is -0.399 e. The van der Waals surface area contributed by atoms with E-state index in [2.05, 4.69) is 4.72 Å². The van der Waals surface area contributed by atoms with Gasteiger partial charge in [0.15, 0.2) is 0 Å². The van der Waals surface area contributed by atoms with Crippen LogP contribution in [0, 0.1) is 6.92 Å². The molecule has 0 atom stereocenters. The summed E-state index contributed by atoms with van der Waals surface area (Å²) in [6.07, 6.45) is 0. The number of hydrogen-bond donors (Lipinski definition) is 3. The predicted octanol–water partition coefficient (Wildman–Crippen LogP) is 2.90. The van der Waals surface area contributed by atoms with E-state index in [0.29, 0.717) is 16.9 Å². The normalized spacial score (nSPS) is 12.3. The first-order valence-electron chi connectivity index (χ1n) is 7.29. The lowest BCUT2D eigenvalue weighted by atomic mass is 10.00. The van der Waals surface area contributed by atoms with Crippen molar-refractivity contribution in [3.8, 4) is 11.1 Å². The molecule has 0 aromatic heterocycles. The molecular weight excluding hydrogens is 310 g/mol. The first kappa shape index (κ1) is 17.3. The number of sulfonamides is 1. The molecule has 5 nitrogen and oxygen atoms in total. The van der Waals surface area contributed by atoms with Gasteiger partial charge in [-0.05, 0) is 63.1 Å². The Hall–Kier alpha value is -2.05. The Labute approximate surface area is 137 Å². The number of nitrogens with two attached hydrogens (primary N) is 2. The van der Waals surface area contributed by atoms with Crippen LogP contribution in [-0.4, -0.2) is 14.0 Å². The highest BCUT2D eigenvalue weighted by atomic mass is 32.2. The molecule has 0 bridgehead atoms. The van der Waals surface area contributed by atoms with E-state index in [4.69, 9.17) is 11.5 Å². The summed E-state index contributed by atoms with van der Waals surface area (Å²) < 4.78 is 28.2. The number of hydrogen-bond acceptors (Lipinski definition) is 4. The Morgan fingerprint density at radius 3 is 1.96 bits per heavy atom. The standard InChI is InChI=1S/C17H23N3O2S/c1-11-9-12(18)5-7-14(11)15-8-6-13(19)10-16(15)23(21,22)20-17(2,3)4/h5-10,20H,18-19H2,1-4H3. The Morgan fingerprint density at radius 1 is 0.913 bits per heavy atom. The molecule has 0 saturated heterocycles. The molecule has 2 rings (SSSR count). The van der Waals surface area contributed by atoms with Gasteiger partial charge in [-0.1, -0.05) is 12.1 Å². The lowest BCUT2D eigenvalue weighted by molar-refractivity contribution is 0.491. The van der Waals surface area contributed by atoms with Gasteiger partial charge >= 0.3 is 0 Å². The largest absolute Gasteiger partial charge is 0.399 e. The van der Waals surface area contributed by atoms with Gasteiger partial charge in [0.2, 0.25) is 10.0 Å². The molecule has 2 aromatic rings. The fourth-order valence-electron chi connectivity index (χ4n) is 2.43. The molecule has 2 aromatic carbocycles. The second-order valence-corrected chi connectivity index (χ2v) is 8.34. The summed E-state index contributed by atoms with van der Waals surface area (Å²) in [5.41, 5.74) is 14.4. The van der Waals surface area contributed by atoms with Crippen LogP contribution in [0.1, 0.15) is 26.3 Å². The highest BCUT2D eigenvalue weighted by Gasteiger charge is 2.25. The summed E-state index contributed by atoms with van der Waals surface area (Å²) in [7, 11) is -3.71. The summed E-state index contributed by atoms with van der Waals surface area (Å²) >= 11 is 0. The number of nitrogens with one attached hydrogen (secondary N) is 1. The molecule has 6 heteroatoms. The maximum Gasteiger partial charge on any atom is 0.241 e. The fourth-order valence-corrected chi connectivity index (χ4v) is 4.11. The van der Waals surface area contributed by atoms with Gasteiger partial charge in [-0.15, -0.1) is 0 Å². The summed E-state index contributed by atoms with van der Waals surface area (Å²) in [4.78, 5) is 0.167. The SMILES string of the molecule is Cc1cc(N)ccc1-c1ccc(N)cc1S(=O)(=O)NC(C)(C)C. The van der Waals surface area contributed by atoms with E-state index >= 15 is 0 Å². The van der Waals surface area contributed by atoms with E-state index in [-0.39, 0.29) is 4.90 Å². The van der Waals surface area contributed by atoms with E-state index in [1.807, 2.05) is 19.1 Å². The zero-order valence-corrected chi connectivity index (χ0v) is 14.7. The molecule has 0 aliphatic rings. The van der Waals surface area contributed by atoms with Crippen LogP contribution in [0.15, 0.2) is 41.3 Å². The van der Waals surface area contributed by atoms with Crippen LogP contribution in [0.4, 0.5) is 11.4 Å². The molecule has 0 fully saturated rings. The monoisotopic (exact) mass is 333 g/mol. The molecule has 124 valence electrons. The highest BCUT2D eigenvalue weighted by Crippen LogP contribution is 2.32. The van der Waals surface area contributed by atoms with Crippen LogP contribution in [0.5, 0.6) is 0 Å². The molecule has 0 aliphatic heterocycles. The van der Waals surface area contributed by atoms with Gasteiger partial charge < -0.3 is 11.5 Å². The van der Waals surface area contributed by atoms with Crippen LogP contribution >= 0.6 is 0 Å². The van der Waals surface area contributed by atoms with Gasteiger partial charge in [0, 0.05) is 22.5 Å². The molecule has 0 amide bonds. The van der Waals surface area contributed by atoms with Crippen LogP contribution in [0.25, 0.3) is 11.1 Å². The van der Waals surface area contributed by atoms with E-state index in [1.165, 1.54) is 6.07 Å². The molecule has 23 heavy (non-hydrogen) atoms. The average Bonchev–Trinajstić information content (AvgIpc) is 2.36. The average molecular weight is 333 g/mol. The second kappa shape index (κ2) is 5.86. The third kappa shape index (κ3) is 4.03. The zero-order chi connectivity index (χ0) is 17.4. The number of rotatable bonds is 3. The number of anilines is 2. The van der Waals surface area contributed by atoms with Crippen molar-refractivity contribution < 1.29 is 8.42 Å². The van der Waals surface area contributed by atoms with E-state index in [0.717, 1.165) is 11.1 Å². The van der Waals surface area contributed by atoms with Crippen molar-refractivity contribution in [1.82, 2.24) is 4.72 Å². The quantitative estimate of drug-likeness (QED) is 0.752. The lowest BCUT2D eigenvalue weighted by Gasteiger charge is -2.22. The van der Waals surface area contributed by atoms with Gasteiger partial charge in [-0.2, -0.15) is 0 Å². The number of benzene rings is 2. The molecule has 0 saturated carbocycles. The summed E-state index contributed by atoms with van der Waals surface area (Å²) in [6.45, 7) is 7.29. The summed E-state index contributed by atoms with van der Waals surface area (Å²) in [5, 5.41) is 0. The van der Waals surface area contributed by atoms with Gasteiger partial charge in [-0.3, -0.25) is 0 Å². The maximum atomic E-state index is 12.8. The van der Waals surface area contributed by atoms with Gasteiger partial charge in [0.1, 0.15) is 0 Å². The second-order valence-electron chi connectivity index (χ2n) is 6.69. The Kier molecular flexibility index (Phi) is 4.41. The molecule has 0 radical (unpaired) electrons. The van der Waals surface area contributed by atoms with Gasteiger partial charge in [0.25, 0.3) is 0 Å². The molecule has 0 aliphatic carbocycles. The molecule has 0 spiro atoms. The minimum atomic E-state index is -3.71. The predicted molar refractivity (Wildman–Crippen MR) is 95.5 cm³/mol. The third-order valence-electron chi connectivity index (χ3n) is 3.28. The lowest BCUT2D eigenvalue weighted by Crippen LogP contribution is -2.40. The van der Waals surface area contributed by atoms with Crippen LogP contribution < -0.4 is 16.2 Å². The van der Waals surface area contributed by atoms with Crippen molar-refractivity contribution >= 4 is 21.4 Å². The van der Waals surface area contributed by atoms with Gasteiger partial charge in [0.05, 0.1) is 4.90 Å². The van der Waals surface area contributed by atoms with Crippen molar-refractivity contribution in [3.05, 3.63) is 42.0 Å². The molecule has 0 unspecified atom stereocenters.